The molecule has 4 rings (SSSR count). The minimum atomic E-state index is 0.602. The van der Waals surface area contributed by atoms with Gasteiger partial charge in [0.15, 0.2) is 11.4 Å². The number of anilines is 1. The topological polar surface area (TPSA) is 89.7 Å². The fraction of sp³-hybridized carbons (Fsp3) is 0. The van der Waals surface area contributed by atoms with Gasteiger partial charge in [-0.3, -0.25) is 4.98 Å². The highest BCUT2D eigenvalue weighted by Crippen LogP contribution is 2.29. The maximum atomic E-state index is 5.92. The van der Waals surface area contributed by atoms with E-state index in [4.69, 9.17) is 10.5 Å². The summed E-state index contributed by atoms with van der Waals surface area (Å²) in [6, 6.07) is 12.8. The van der Waals surface area contributed by atoms with Crippen LogP contribution in [0, 0.1) is 0 Å². The van der Waals surface area contributed by atoms with Crippen LogP contribution in [-0.4, -0.2) is 19.9 Å². The van der Waals surface area contributed by atoms with E-state index in [-0.39, 0.29) is 0 Å². The highest BCUT2D eigenvalue weighted by molar-refractivity contribution is 5.81. The number of nitrogens with one attached hydrogen (secondary N) is 1. The Labute approximate surface area is 132 Å². The predicted molar refractivity (Wildman–Crippen MR) is 88.0 cm³/mol. The monoisotopic (exact) mass is 303 g/mol. The lowest BCUT2D eigenvalue weighted by molar-refractivity contribution is 0.487. The highest BCUT2D eigenvalue weighted by atomic mass is 16.5. The number of benzene rings is 1. The second-order valence-corrected chi connectivity index (χ2v) is 5.00. The Balaban J connectivity index is 1.75. The number of rotatable bonds is 3. The zero-order valence-corrected chi connectivity index (χ0v) is 12.1. The molecule has 6 heteroatoms. The van der Waals surface area contributed by atoms with Crippen molar-refractivity contribution < 1.29 is 4.74 Å². The smallest absolute Gasteiger partial charge is 0.181 e. The normalized spacial score (nSPS) is 10.8. The largest absolute Gasteiger partial charge is 0.455 e. The number of fused-ring (bicyclic) bond motifs is 1. The number of hydrogen-bond donors (Lipinski definition) is 2. The van der Waals surface area contributed by atoms with E-state index in [2.05, 4.69) is 19.9 Å². The van der Waals surface area contributed by atoms with E-state index >= 15 is 0 Å². The fourth-order valence-electron chi connectivity index (χ4n) is 2.28. The molecule has 0 aliphatic heterocycles. The number of nitrogen functional groups attached to an aromatic ring is 1. The number of nitrogens with zero attached hydrogens (tertiary/aromatic N) is 3. The van der Waals surface area contributed by atoms with Crippen LogP contribution in [0.25, 0.3) is 22.6 Å². The van der Waals surface area contributed by atoms with Crippen LogP contribution in [0.3, 0.4) is 0 Å². The van der Waals surface area contributed by atoms with Crippen molar-refractivity contribution in [2.75, 3.05) is 5.73 Å². The van der Waals surface area contributed by atoms with Crippen molar-refractivity contribution >= 4 is 16.9 Å². The number of pyridine rings is 2. The van der Waals surface area contributed by atoms with Crippen molar-refractivity contribution in [2.24, 2.45) is 0 Å². The van der Waals surface area contributed by atoms with E-state index in [0.29, 0.717) is 22.8 Å². The summed E-state index contributed by atoms with van der Waals surface area (Å²) in [6.07, 6.45) is 5.12. The van der Waals surface area contributed by atoms with Gasteiger partial charge in [-0.05, 0) is 36.4 Å². The first-order valence-corrected chi connectivity index (χ1v) is 7.08. The van der Waals surface area contributed by atoms with Gasteiger partial charge in [0, 0.05) is 35.9 Å². The van der Waals surface area contributed by atoms with Gasteiger partial charge in [0.2, 0.25) is 0 Å². The first kappa shape index (κ1) is 13.3. The summed E-state index contributed by atoms with van der Waals surface area (Å²) < 4.78 is 5.92. The molecule has 0 fully saturated rings. The van der Waals surface area contributed by atoms with Crippen LogP contribution < -0.4 is 10.5 Å². The Morgan fingerprint density at radius 2 is 1.70 bits per heavy atom. The minimum Gasteiger partial charge on any atom is -0.455 e. The Morgan fingerprint density at radius 3 is 2.48 bits per heavy atom. The molecule has 6 nitrogen and oxygen atoms in total. The summed E-state index contributed by atoms with van der Waals surface area (Å²) in [5, 5.41) is 0. The molecule has 0 saturated heterocycles. The van der Waals surface area contributed by atoms with Crippen LogP contribution >= 0.6 is 0 Å². The van der Waals surface area contributed by atoms with Crippen molar-refractivity contribution in [1.29, 1.82) is 0 Å². The maximum absolute atomic E-state index is 5.92. The van der Waals surface area contributed by atoms with Gasteiger partial charge in [-0.1, -0.05) is 0 Å². The van der Waals surface area contributed by atoms with Gasteiger partial charge in [0.25, 0.3) is 0 Å². The highest BCUT2D eigenvalue weighted by Gasteiger charge is 2.11. The molecular weight excluding hydrogens is 290 g/mol. The second kappa shape index (κ2) is 5.42. The SMILES string of the molecule is Nc1ccc(Oc2ccnc3nc(-c4ccncc4)[nH]c23)cc1. The lowest BCUT2D eigenvalue weighted by atomic mass is 10.2. The maximum Gasteiger partial charge on any atom is 0.181 e. The molecule has 3 heterocycles. The zero-order chi connectivity index (χ0) is 15.6. The molecule has 0 atom stereocenters. The Bertz CT molecular complexity index is 948. The standard InChI is InChI=1S/C17H13N5O/c18-12-1-3-13(4-2-12)23-14-7-10-20-17-15(14)21-16(22-17)11-5-8-19-9-6-11/h1-10H,18H2,(H,20,21,22). The van der Waals surface area contributed by atoms with Gasteiger partial charge < -0.3 is 15.5 Å². The van der Waals surface area contributed by atoms with Gasteiger partial charge in [0.1, 0.15) is 17.1 Å². The van der Waals surface area contributed by atoms with Crippen molar-refractivity contribution in [3.8, 4) is 22.9 Å². The summed E-state index contributed by atoms with van der Waals surface area (Å²) in [5.74, 6) is 2.09. The third-order valence-electron chi connectivity index (χ3n) is 3.42. The van der Waals surface area contributed by atoms with Crippen molar-refractivity contribution in [1.82, 2.24) is 19.9 Å². The zero-order valence-electron chi connectivity index (χ0n) is 12.1. The molecule has 0 unspecified atom stereocenters. The van der Waals surface area contributed by atoms with Crippen LogP contribution in [0.2, 0.25) is 0 Å². The van der Waals surface area contributed by atoms with E-state index in [9.17, 15) is 0 Å². The molecule has 3 aromatic heterocycles. The Kier molecular flexibility index (Phi) is 3.12. The van der Waals surface area contributed by atoms with E-state index in [1.54, 1.807) is 36.8 Å². The average molecular weight is 303 g/mol. The summed E-state index contributed by atoms with van der Waals surface area (Å²) in [7, 11) is 0. The number of aromatic amines is 1. The van der Waals surface area contributed by atoms with E-state index < -0.39 is 0 Å². The van der Waals surface area contributed by atoms with Gasteiger partial charge in [-0.25, -0.2) is 9.97 Å². The second-order valence-electron chi connectivity index (χ2n) is 5.00. The van der Waals surface area contributed by atoms with Gasteiger partial charge >= 0.3 is 0 Å². The predicted octanol–water partition coefficient (Wildman–Crippen LogP) is 3.39. The minimum absolute atomic E-state index is 0.602. The van der Waals surface area contributed by atoms with Crippen molar-refractivity contribution in [3.63, 3.8) is 0 Å². The number of hydrogen-bond acceptors (Lipinski definition) is 5. The number of H-pyrrole nitrogens is 1. The van der Waals surface area contributed by atoms with Gasteiger partial charge in [-0.15, -0.1) is 0 Å². The molecule has 3 N–H and O–H groups in total. The Morgan fingerprint density at radius 1 is 0.913 bits per heavy atom. The van der Waals surface area contributed by atoms with Crippen LogP contribution in [0.4, 0.5) is 5.69 Å². The van der Waals surface area contributed by atoms with E-state index in [1.807, 2.05) is 24.3 Å². The molecule has 1 aromatic carbocycles. The van der Waals surface area contributed by atoms with E-state index in [1.165, 1.54) is 0 Å². The lowest BCUT2D eigenvalue weighted by Crippen LogP contribution is -1.88. The summed E-state index contributed by atoms with van der Waals surface area (Å²) >= 11 is 0. The molecule has 112 valence electrons. The quantitative estimate of drug-likeness (QED) is 0.566. The number of ether oxygens (including phenoxy) is 1. The molecular formula is C17H13N5O. The van der Waals surface area contributed by atoms with Crippen LogP contribution in [0.1, 0.15) is 0 Å². The van der Waals surface area contributed by atoms with Gasteiger partial charge in [-0.2, -0.15) is 0 Å². The summed E-state index contributed by atoms with van der Waals surface area (Å²) in [4.78, 5) is 16.1. The molecule has 0 spiro atoms. The van der Waals surface area contributed by atoms with Crippen LogP contribution in [0.15, 0.2) is 61.1 Å². The van der Waals surface area contributed by atoms with Crippen LogP contribution in [0.5, 0.6) is 11.5 Å². The Hall–Kier alpha value is -3.41. The van der Waals surface area contributed by atoms with Crippen molar-refractivity contribution in [3.05, 3.63) is 61.1 Å². The number of aromatic nitrogens is 4. The fourth-order valence-corrected chi connectivity index (χ4v) is 2.28. The molecule has 0 radical (unpaired) electrons. The van der Waals surface area contributed by atoms with Gasteiger partial charge in [0.05, 0.1) is 0 Å². The summed E-state index contributed by atoms with van der Waals surface area (Å²) in [6.45, 7) is 0. The molecule has 0 aliphatic rings. The first-order valence-electron chi connectivity index (χ1n) is 7.08. The average Bonchev–Trinajstić information content (AvgIpc) is 3.03. The van der Waals surface area contributed by atoms with E-state index in [0.717, 1.165) is 16.9 Å². The van der Waals surface area contributed by atoms with Crippen LogP contribution in [-0.2, 0) is 0 Å². The lowest BCUT2D eigenvalue weighted by Gasteiger charge is -2.06. The molecule has 0 aliphatic carbocycles. The van der Waals surface area contributed by atoms with Crippen molar-refractivity contribution in [2.45, 2.75) is 0 Å². The third-order valence-corrected chi connectivity index (χ3v) is 3.42. The number of nitrogens with two attached hydrogens (primary N) is 1. The molecule has 0 bridgehead atoms. The molecule has 4 aromatic rings. The third kappa shape index (κ3) is 2.57. The molecule has 0 saturated carbocycles. The summed E-state index contributed by atoms with van der Waals surface area (Å²) in [5.41, 5.74) is 8.67. The molecule has 0 amide bonds. The first-order chi connectivity index (χ1) is 11.3. The molecule has 23 heavy (non-hydrogen) atoms. The number of imidazole rings is 1.